The molecule has 0 unspecified atom stereocenters. The van der Waals surface area contributed by atoms with Crippen LogP contribution in [-0.4, -0.2) is 5.11 Å². The molecule has 1 N–H and O–H groups in total. The number of aliphatic hydroxyl groups excluding tert-OH is 1. The fraction of sp³-hybridized carbons (Fsp3) is 0.200. The van der Waals surface area contributed by atoms with Gasteiger partial charge in [-0.15, -0.1) is 0 Å². The van der Waals surface area contributed by atoms with Crippen molar-refractivity contribution in [3.63, 3.8) is 0 Å². The molecule has 18 heavy (non-hydrogen) atoms. The summed E-state index contributed by atoms with van der Waals surface area (Å²) in [5.74, 6) is 1.24. The minimum absolute atomic E-state index is 0.0965. The molecule has 0 atom stereocenters. The molecular formula is C15H15ClO2. The highest BCUT2D eigenvalue weighted by Gasteiger charge is 2.09. The van der Waals surface area contributed by atoms with E-state index >= 15 is 0 Å². The Balaban J connectivity index is 2.36. The van der Waals surface area contributed by atoms with Crippen molar-refractivity contribution in [2.24, 2.45) is 0 Å². The van der Waals surface area contributed by atoms with Crippen LogP contribution in [-0.2, 0) is 6.61 Å². The van der Waals surface area contributed by atoms with Crippen LogP contribution in [0.4, 0.5) is 0 Å². The summed E-state index contributed by atoms with van der Waals surface area (Å²) in [7, 11) is 0. The topological polar surface area (TPSA) is 29.5 Å². The van der Waals surface area contributed by atoms with Gasteiger partial charge in [-0.1, -0.05) is 29.8 Å². The monoisotopic (exact) mass is 262 g/mol. The summed E-state index contributed by atoms with van der Waals surface area (Å²) in [4.78, 5) is 0. The highest BCUT2D eigenvalue weighted by Crippen LogP contribution is 2.33. The Kier molecular flexibility index (Phi) is 3.90. The van der Waals surface area contributed by atoms with Gasteiger partial charge >= 0.3 is 0 Å². The molecule has 0 spiro atoms. The fourth-order valence-electron chi connectivity index (χ4n) is 1.69. The zero-order valence-electron chi connectivity index (χ0n) is 10.4. The average molecular weight is 263 g/mol. The first-order chi connectivity index (χ1) is 8.61. The van der Waals surface area contributed by atoms with Crippen LogP contribution in [0.15, 0.2) is 36.4 Å². The highest BCUT2D eigenvalue weighted by molar-refractivity contribution is 6.32. The fourth-order valence-corrected chi connectivity index (χ4v) is 1.92. The zero-order valence-corrected chi connectivity index (χ0v) is 11.2. The third-order valence-corrected chi connectivity index (χ3v) is 3.21. The van der Waals surface area contributed by atoms with Gasteiger partial charge in [-0.3, -0.25) is 0 Å². The van der Waals surface area contributed by atoms with Gasteiger partial charge in [-0.2, -0.15) is 0 Å². The van der Waals surface area contributed by atoms with E-state index in [1.807, 2.05) is 32.0 Å². The Bertz CT molecular complexity index is 564. The molecule has 0 radical (unpaired) electrons. The molecule has 0 amide bonds. The van der Waals surface area contributed by atoms with Gasteiger partial charge in [0, 0.05) is 5.56 Å². The van der Waals surface area contributed by atoms with Gasteiger partial charge in [0.05, 0.1) is 11.6 Å². The smallest absolute Gasteiger partial charge is 0.151 e. The maximum atomic E-state index is 9.28. The lowest BCUT2D eigenvalue weighted by Gasteiger charge is -2.12. The summed E-state index contributed by atoms with van der Waals surface area (Å²) in [6.07, 6.45) is 0. The maximum absolute atomic E-state index is 9.28. The van der Waals surface area contributed by atoms with Crippen molar-refractivity contribution >= 4 is 11.6 Å². The molecule has 0 aliphatic rings. The van der Waals surface area contributed by atoms with Crippen molar-refractivity contribution in [3.8, 4) is 11.5 Å². The molecule has 0 heterocycles. The summed E-state index contributed by atoms with van der Waals surface area (Å²) in [6.45, 7) is 3.98. The number of para-hydroxylation sites is 1. The number of halogens is 1. The molecule has 2 nitrogen and oxygen atoms in total. The van der Waals surface area contributed by atoms with Gasteiger partial charge in [-0.25, -0.2) is 0 Å². The first-order valence-electron chi connectivity index (χ1n) is 5.75. The number of aryl methyl sites for hydroxylation is 2. The Morgan fingerprint density at radius 3 is 2.56 bits per heavy atom. The number of ether oxygens (including phenoxy) is 1. The lowest BCUT2D eigenvalue weighted by Crippen LogP contribution is -1.93. The minimum Gasteiger partial charge on any atom is -0.455 e. The predicted molar refractivity (Wildman–Crippen MR) is 73.4 cm³/mol. The maximum Gasteiger partial charge on any atom is 0.151 e. The summed E-state index contributed by atoms with van der Waals surface area (Å²) in [6, 6.07) is 11.2. The van der Waals surface area contributed by atoms with Crippen molar-refractivity contribution in [2.75, 3.05) is 0 Å². The van der Waals surface area contributed by atoms with E-state index in [4.69, 9.17) is 16.3 Å². The van der Waals surface area contributed by atoms with Crippen LogP contribution in [0.25, 0.3) is 0 Å². The molecule has 0 saturated carbocycles. The van der Waals surface area contributed by atoms with Gasteiger partial charge in [0.15, 0.2) is 5.75 Å². The Morgan fingerprint density at radius 1 is 1.11 bits per heavy atom. The van der Waals surface area contributed by atoms with Crippen LogP contribution in [0.1, 0.15) is 16.7 Å². The van der Waals surface area contributed by atoms with Crippen molar-refractivity contribution in [1.82, 2.24) is 0 Å². The van der Waals surface area contributed by atoms with E-state index < -0.39 is 0 Å². The molecule has 0 saturated heterocycles. The standard InChI is InChI=1S/C15H15ClO2/c1-10-6-7-13(8-11(10)2)18-15-12(9-17)4-3-5-14(15)16/h3-8,17H,9H2,1-2H3. The van der Waals surface area contributed by atoms with Crippen molar-refractivity contribution in [3.05, 3.63) is 58.1 Å². The van der Waals surface area contributed by atoms with Crippen LogP contribution in [0.5, 0.6) is 11.5 Å². The van der Waals surface area contributed by atoms with Crippen LogP contribution in [0.3, 0.4) is 0 Å². The third kappa shape index (κ3) is 2.66. The number of hydrogen-bond donors (Lipinski definition) is 1. The van der Waals surface area contributed by atoms with E-state index in [-0.39, 0.29) is 6.61 Å². The molecule has 0 aliphatic carbocycles. The number of hydrogen-bond acceptors (Lipinski definition) is 2. The molecule has 2 aromatic rings. The van der Waals surface area contributed by atoms with E-state index in [0.29, 0.717) is 16.3 Å². The van der Waals surface area contributed by atoms with E-state index in [9.17, 15) is 5.11 Å². The summed E-state index contributed by atoms with van der Waals surface area (Å²) in [5, 5.41) is 9.78. The molecule has 0 fully saturated rings. The average Bonchev–Trinajstić information content (AvgIpc) is 2.36. The Hall–Kier alpha value is -1.51. The first kappa shape index (κ1) is 12.9. The quantitative estimate of drug-likeness (QED) is 0.896. The second-order valence-corrected chi connectivity index (χ2v) is 4.64. The lowest BCUT2D eigenvalue weighted by atomic mass is 10.1. The van der Waals surface area contributed by atoms with E-state index in [0.717, 1.165) is 11.3 Å². The molecule has 0 aromatic heterocycles. The molecule has 3 heteroatoms. The third-order valence-electron chi connectivity index (χ3n) is 2.92. The first-order valence-corrected chi connectivity index (χ1v) is 6.13. The molecule has 0 aliphatic heterocycles. The van der Waals surface area contributed by atoms with E-state index in [1.54, 1.807) is 18.2 Å². The minimum atomic E-state index is -0.0965. The van der Waals surface area contributed by atoms with Crippen molar-refractivity contribution in [2.45, 2.75) is 20.5 Å². The number of rotatable bonds is 3. The second-order valence-electron chi connectivity index (χ2n) is 4.23. The van der Waals surface area contributed by atoms with Crippen LogP contribution in [0.2, 0.25) is 5.02 Å². The van der Waals surface area contributed by atoms with Crippen LogP contribution >= 0.6 is 11.6 Å². The zero-order chi connectivity index (χ0) is 13.1. The van der Waals surface area contributed by atoms with E-state index in [2.05, 4.69) is 0 Å². The lowest BCUT2D eigenvalue weighted by molar-refractivity contribution is 0.276. The SMILES string of the molecule is Cc1ccc(Oc2c(Cl)cccc2CO)cc1C. The second kappa shape index (κ2) is 5.42. The van der Waals surface area contributed by atoms with Gasteiger partial charge < -0.3 is 9.84 Å². The molecular weight excluding hydrogens is 248 g/mol. The van der Waals surface area contributed by atoms with E-state index in [1.165, 1.54) is 5.56 Å². The predicted octanol–water partition coefficient (Wildman–Crippen LogP) is 4.24. The normalized spacial score (nSPS) is 10.4. The van der Waals surface area contributed by atoms with Gasteiger partial charge in [0.1, 0.15) is 5.75 Å². The van der Waals surface area contributed by atoms with Gasteiger partial charge in [0.25, 0.3) is 0 Å². The van der Waals surface area contributed by atoms with Gasteiger partial charge in [0.2, 0.25) is 0 Å². The number of aliphatic hydroxyl groups is 1. The van der Waals surface area contributed by atoms with Crippen LogP contribution < -0.4 is 4.74 Å². The summed E-state index contributed by atoms with van der Waals surface area (Å²) >= 11 is 6.09. The Labute approximate surface area is 112 Å². The molecule has 94 valence electrons. The molecule has 2 aromatic carbocycles. The van der Waals surface area contributed by atoms with Crippen LogP contribution in [0, 0.1) is 13.8 Å². The highest BCUT2D eigenvalue weighted by atomic mass is 35.5. The van der Waals surface area contributed by atoms with Crippen molar-refractivity contribution in [1.29, 1.82) is 0 Å². The Morgan fingerprint density at radius 2 is 1.89 bits per heavy atom. The van der Waals surface area contributed by atoms with Crippen molar-refractivity contribution < 1.29 is 9.84 Å². The number of benzene rings is 2. The molecule has 0 bridgehead atoms. The van der Waals surface area contributed by atoms with Gasteiger partial charge in [-0.05, 0) is 43.2 Å². The molecule has 2 rings (SSSR count). The summed E-state index contributed by atoms with van der Waals surface area (Å²) in [5.41, 5.74) is 3.05. The summed E-state index contributed by atoms with van der Waals surface area (Å²) < 4.78 is 5.78. The largest absolute Gasteiger partial charge is 0.455 e.